The van der Waals surface area contributed by atoms with E-state index in [2.05, 4.69) is 28.5 Å². The van der Waals surface area contributed by atoms with E-state index in [-0.39, 0.29) is 6.29 Å². The standard InChI is InChI=1S/C16H20ClNO2S/c1-19-16(20-2)12-18(11-14-7-5-9-21-14)10-13-6-3-4-8-15(13)17/h3-9,16H,10-12H2,1-2H3. The molecule has 0 fully saturated rings. The number of hydrogen-bond donors (Lipinski definition) is 0. The van der Waals surface area contributed by atoms with Gasteiger partial charge in [-0.2, -0.15) is 0 Å². The van der Waals surface area contributed by atoms with Gasteiger partial charge in [-0.05, 0) is 23.1 Å². The number of hydrogen-bond acceptors (Lipinski definition) is 4. The Morgan fingerprint density at radius 2 is 1.86 bits per heavy atom. The van der Waals surface area contributed by atoms with Crippen LogP contribution in [0.25, 0.3) is 0 Å². The number of benzene rings is 1. The van der Waals surface area contributed by atoms with Crippen LogP contribution in [0.3, 0.4) is 0 Å². The molecule has 0 bridgehead atoms. The van der Waals surface area contributed by atoms with Crippen LogP contribution in [-0.2, 0) is 22.6 Å². The maximum Gasteiger partial charge on any atom is 0.169 e. The highest BCUT2D eigenvalue weighted by Gasteiger charge is 2.15. The Morgan fingerprint density at radius 1 is 1.10 bits per heavy atom. The number of methoxy groups -OCH3 is 2. The van der Waals surface area contributed by atoms with E-state index in [1.54, 1.807) is 25.6 Å². The summed E-state index contributed by atoms with van der Waals surface area (Å²) in [5.74, 6) is 0. The molecule has 0 aliphatic rings. The Morgan fingerprint density at radius 3 is 2.48 bits per heavy atom. The van der Waals surface area contributed by atoms with Crippen molar-refractivity contribution in [2.45, 2.75) is 19.4 Å². The second-order valence-corrected chi connectivity index (χ2v) is 6.18. The zero-order valence-electron chi connectivity index (χ0n) is 12.3. The van der Waals surface area contributed by atoms with E-state index in [0.717, 1.165) is 23.7 Å². The molecular weight excluding hydrogens is 306 g/mol. The van der Waals surface area contributed by atoms with Gasteiger partial charge >= 0.3 is 0 Å². The topological polar surface area (TPSA) is 21.7 Å². The lowest BCUT2D eigenvalue weighted by Gasteiger charge is -2.26. The van der Waals surface area contributed by atoms with Crippen LogP contribution in [0.5, 0.6) is 0 Å². The highest BCUT2D eigenvalue weighted by Crippen LogP contribution is 2.20. The fourth-order valence-electron chi connectivity index (χ4n) is 2.13. The normalized spacial score (nSPS) is 11.5. The molecule has 2 rings (SSSR count). The Balaban J connectivity index is 2.09. The van der Waals surface area contributed by atoms with Crippen molar-refractivity contribution in [3.05, 3.63) is 57.2 Å². The highest BCUT2D eigenvalue weighted by atomic mass is 35.5. The average Bonchev–Trinajstić information content (AvgIpc) is 2.99. The molecule has 2 aromatic rings. The van der Waals surface area contributed by atoms with Crippen molar-refractivity contribution in [3.63, 3.8) is 0 Å². The largest absolute Gasteiger partial charge is 0.355 e. The fourth-order valence-corrected chi connectivity index (χ4v) is 3.07. The van der Waals surface area contributed by atoms with Crippen LogP contribution >= 0.6 is 22.9 Å². The molecule has 0 spiro atoms. The van der Waals surface area contributed by atoms with Gasteiger partial charge in [-0.25, -0.2) is 0 Å². The molecule has 0 atom stereocenters. The van der Waals surface area contributed by atoms with Gasteiger partial charge in [0.25, 0.3) is 0 Å². The Bertz CT molecular complexity index is 529. The van der Waals surface area contributed by atoms with Crippen LogP contribution < -0.4 is 0 Å². The molecule has 0 saturated heterocycles. The quantitative estimate of drug-likeness (QED) is 0.684. The van der Waals surface area contributed by atoms with E-state index in [9.17, 15) is 0 Å². The van der Waals surface area contributed by atoms with Gasteiger partial charge in [-0.1, -0.05) is 35.9 Å². The molecule has 3 nitrogen and oxygen atoms in total. The van der Waals surface area contributed by atoms with E-state index in [4.69, 9.17) is 21.1 Å². The van der Waals surface area contributed by atoms with Crippen LogP contribution in [-0.4, -0.2) is 32.0 Å². The third kappa shape index (κ3) is 5.09. The molecule has 0 amide bonds. The Labute approximate surface area is 135 Å². The first kappa shape index (κ1) is 16.5. The molecule has 5 heteroatoms. The monoisotopic (exact) mass is 325 g/mol. The first-order valence-corrected chi connectivity index (χ1v) is 8.02. The summed E-state index contributed by atoms with van der Waals surface area (Å²) in [5.41, 5.74) is 1.11. The van der Waals surface area contributed by atoms with Crippen molar-refractivity contribution < 1.29 is 9.47 Å². The molecule has 0 radical (unpaired) electrons. The van der Waals surface area contributed by atoms with Gasteiger partial charge in [0.15, 0.2) is 6.29 Å². The van der Waals surface area contributed by atoms with E-state index < -0.39 is 0 Å². The number of nitrogens with zero attached hydrogens (tertiary/aromatic N) is 1. The molecule has 0 saturated carbocycles. The molecule has 114 valence electrons. The van der Waals surface area contributed by atoms with Crippen LogP contribution in [0.15, 0.2) is 41.8 Å². The number of thiophene rings is 1. The van der Waals surface area contributed by atoms with Gasteiger partial charge in [0, 0.05) is 37.2 Å². The molecule has 1 aromatic carbocycles. The van der Waals surface area contributed by atoms with Crippen molar-refractivity contribution in [1.29, 1.82) is 0 Å². The summed E-state index contributed by atoms with van der Waals surface area (Å²) in [6, 6.07) is 12.1. The minimum Gasteiger partial charge on any atom is -0.355 e. The molecular formula is C16H20ClNO2S. The first-order chi connectivity index (χ1) is 10.2. The molecule has 0 aliphatic heterocycles. The van der Waals surface area contributed by atoms with Gasteiger partial charge < -0.3 is 9.47 Å². The molecule has 0 aliphatic carbocycles. The summed E-state index contributed by atoms with van der Waals surface area (Å²) < 4.78 is 10.6. The lowest BCUT2D eigenvalue weighted by Crippen LogP contribution is -2.33. The van der Waals surface area contributed by atoms with Gasteiger partial charge in [-0.15, -0.1) is 11.3 Å². The summed E-state index contributed by atoms with van der Waals surface area (Å²) in [6.45, 7) is 2.31. The fraction of sp³-hybridized carbons (Fsp3) is 0.375. The van der Waals surface area contributed by atoms with Gasteiger partial charge in [0.1, 0.15) is 0 Å². The van der Waals surface area contributed by atoms with Crippen molar-refractivity contribution in [2.75, 3.05) is 20.8 Å². The van der Waals surface area contributed by atoms with Crippen LogP contribution in [0.2, 0.25) is 5.02 Å². The second-order valence-electron chi connectivity index (χ2n) is 4.74. The second kappa shape index (κ2) is 8.51. The zero-order chi connectivity index (χ0) is 15.1. The predicted octanol–water partition coefficient (Wildman–Crippen LogP) is 4.02. The summed E-state index contributed by atoms with van der Waals surface area (Å²) in [4.78, 5) is 3.60. The minimum absolute atomic E-state index is 0.243. The predicted molar refractivity (Wildman–Crippen MR) is 87.7 cm³/mol. The smallest absolute Gasteiger partial charge is 0.169 e. The van der Waals surface area contributed by atoms with Crippen LogP contribution in [0, 0.1) is 0 Å². The molecule has 0 N–H and O–H groups in total. The highest BCUT2D eigenvalue weighted by molar-refractivity contribution is 7.09. The Hall–Kier alpha value is -0.910. The molecule has 1 aromatic heterocycles. The van der Waals surface area contributed by atoms with E-state index >= 15 is 0 Å². The third-order valence-electron chi connectivity index (χ3n) is 3.24. The summed E-state index contributed by atoms with van der Waals surface area (Å²) in [6.07, 6.45) is -0.243. The van der Waals surface area contributed by atoms with Gasteiger partial charge in [-0.3, -0.25) is 4.90 Å². The lowest BCUT2D eigenvalue weighted by atomic mass is 10.2. The number of ether oxygens (including phenoxy) is 2. The van der Waals surface area contributed by atoms with Crippen LogP contribution in [0.4, 0.5) is 0 Å². The molecule has 21 heavy (non-hydrogen) atoms. The zero-order valence-corrected chi connectivity index (χ0v) is 13.9. The maximum atomic E-state index is 6.27. The molecule has 1 heterocycles. The minimum atomic E-state index is -0.243. The first-order valence-electron chi connectivity index (χ1n) is 6.76. The number of rotatable bonds is 8. The average molecular weight is 326 g/mol. The summed E-state index contributed by atoms with van der Waals surface area (Å²) in [5, 5.41) is 2.88. The van der Waals surface area contributed by atoms with E-state index in [0.29, 0.717) is 6.54 Å². The Kier molecular flexibility index (Phi) is 6.67. The summed E-state index contributed by atoms with van der Waals surface area (Å²) in [7, 11) is 3.32. The molecule has 0 unspecified atom stereocenters. The van der Waals surface area contributed by atoms with Gasteiger partial charge in [0.05, 0.1) is 6.54 Å². The third-order valence-corrected chi connectivity index (χ3v) is 4.47. The SMILES string of the molecule is COC(CN(Cc1cccs1)Cc1ccccc1Cl)OC. The maximum absolute atomic E-state index is 6.27. The number of halogens is 1. The van der Waals surface area contributed by atoms with Crippen molar-refractivity contribution in [1.82, 2.24) is 4.90 Å². The van der Waals surface area contributed by atoms with E-state index in [1.165, 1.54) is 4.88 Å². The lowest BCUT2D eigenvalue weighted by molar-refractivity contribution is -0.118. The van der Waals surface area contributed by atoms with Crippen LogP contribution in [0.1, 0.15) is 10.4 Å². The van der Waals surface area contributed by atoms with Crippen molar-refractivity contribution >= 4 is 22.9 Å². The van der Waals surface area contributed by atoms with Crippen molar-refractivity contribution in [2.24, 2.45) is 0 Å². The van der Waals surface area contributed by atoms with E-state index in [1.807, 2.05) is 18.2 Å². The van der Waals surface area contributed by atoms with Crippen molar-refractivity contribution in [3.8, 4) is 0 Å². The van der Waals surface area contributed by atoms with Gasteiger partial charge in [0.2, 0.25) is 0 Å². The summed E-state index contributed by atoms with van der Waals surface area (Å²) >= 11 is 8.02.